The zero-order valence-corrected chi connectivity index (χ0v) is 19.6. The topological polar surface area (TPSA) is 90.5 Å². The van der Waals surface area contributed by atoms with Crippen molar-refractivity contribution in [2.75, 3.05) is 72.1 Å². The Labute approximate surface area is 193 Å². The highest BCUT2D eigenvalue weighted by Gasteiger charge is 2.30. The molecule has 0 N–H and O–H groups in total. The van der Waals surface area contributed by atoms with Crippen molar-refractivity contribution in [2.24, 2.45) is 0 Å². The second kappa shape index (κ2) is 10.0. The molecule has 3 aliphatic rings. The molecule has 0 aromatic heterocycles. The van der Waals surface area contributed by atoms with Crippen LogP contribution < -0.4 is 0 Å². The first kappa shape index (κ1) is 23.4. The van der Waals surface area contributed by atoms with E-state index in [2.05, 4.69) is 4.90 Å². The van der Waals surface area contributed by atoms with Crippen LogP contribution in [-0.4, -0.2) is 111 Å². The molecule has 1 aromatic carbocycles. The minimum absolute atomic E-state index is 0.0516. The van der Waals surface area contributed by atoms with Crippen LogP contribution in [0.4, 0.5) is 0 Å². The van der Waals surface area contributed by atoms with Crippen molar-refractivity contribution in [2.45, 2.75) is 17.7 Å². The third-order valence-corrected chi connectivity index (χ3v) is 8.48. The quantitative estimate of drug-likeness (QED) is 0.612. The number of piperazine rings is 1. The summed E-state index contributed by atoms with van der Waals surface area (Å²) in [5.74, 6) is -0.260. The van der Waals surface area contributed by atoms with Gasteiger partial charge in [-0.25, -0.2) is 8.42 Å². The Kier molecular flexibility index (Phi) is 7.36. The number of amides is 2. The number of morpholine rings is 1. The van der Waals surface area contributed by atoms with Crippen molar-refractivity contribution in [3.63, 3.8) is 0 Å². The van der Waals surface area contributed by atoms with Gasteiger partial charge in [-0.2, -0.15) is 4.31 Å². The Morgan fingerprint density at radius 2 is 1.53 bits per heavy atom. The molecule has 3 fully saturated rings. The molecule has 4 rings (SSSR count). The molecule has 176 valence electrons. The smallest absolute Gasteiger partial charge is 0.255 e. The fourth-order valence-electron chi connectivity index (χ4n) is 4.29. The Bertz CT molecular complexity index is 953. The summed E-state index contributed by atoms with van der Waals surface area (Å²) in [6, 6.07) is 4.31. The number of hydrogen-bond acceptors (Lipinski definition) is 6. The van der Waals surface area contributed by atoms with Crippen LogP contribution in [0.3, 0.4) is 0 Å². The molecule has 32 heavy (non-hydrogen) atoms. The number of hydrogen-bond donors (Lipinski definition) is 0. The molecule has 3 heterocycles. The summed E-state index contributed by atoms with van der Waals surface area (Å²) in [4.78, 5) is 31.3. The number of carbonyl (C=O) groups is 2. The molecule has 0 aliphatic carbocycles. The maximum Gasteiger partial charge on any atom is 0.255 e. The molecule has 3 saturated heterocycles. The fraction of sp³-hybridized carbons (Fsp3) is 0.619. The van der Waals surface area contributed by atoms with Crippen LogP contribution in [0, 0.1) is 0 Å². The van der Waals surface area contributed by atoms with Crippen molar-refractivity contribution in [1.29, 1.82) is 0 Å². The van der Waals surface area contributed by atoms with Gasteiger partial charge >= 0.3 is 0 Å². The van der Waals surface area contributed by atoms with E-state index in [1.807, 2.05) is 0 Å². The third-order valence-electron chi connectivity index (χ3n) is 6.25. The number of sulfonamides is 1. The van der Waals surface area contributed by atoms with Gasteiger partial charge in [0.1, 0.15) is 0 Å². The molecule has 0 bridgehead atoms. The summed E-state index contributed by atoms with van der Waals surface area (Å²) in [5, 5.41) is 0.223. The van der Waals surface area contributed by atoms with E-state index in [1.54, 1.807) is 9.80 Å². The van der Waals surface area contributed by atoms with E-state index in [0.717, 1.165) is 25.9 Å². The second-order valence-electron chi connectivity index (χ2n) is 8.31. The van der Waals surface area contributed by atoms with Gasteiger partial charge in [0.05, 0.1) is 35.2 Å². The number of ether oxygens (including phenoxy) is 1. The monoisotopic (exact) mass is 484 g/mol. The molecule has 2 amide bonds. The molecule has 0 spiro atoms. The van der Waals surface area contributed by atoms with Crippen molar-refractivity contribution in [3.8, 4) is 0 Å². The average molecular weight is 485 g/mol. The lowest BCUT2D eigenvalue weighted by molar-refractivity contribution is -0.134. The third kappa shape index (κ3) is 5.09. The second-order valence-corrected chi connectivity index (χ2v) is 10.7. The van der Waals surface area contributed by atoms with E-state index in [9.17, 15) is 18.0 Å². The molecule has 11 heteroatoms. The van der Waals surface area contributed by atoms with E-state index in [1.165, 1.54) is 22.5 Å². The zero-order valence-electron chi connectivity index (χ0n) is 18.0. The van der Waals surface area contributed by atoms with Crippen molar-refractivity contribution in [3.05, 3.63) is 28.8 Å². The van der Waals surface area contributed by atoms with E-state index >= 15 is 0 Å². The van der Waals surface area contributed by atoms with Gasteiger partial charge in [0.25, 0.3) is 5.91 Å². The van der Waals surface area contributed by atoms with E-state index in [-0.39, 0.29) is 27.3 Å². The van der Waals surface area contributed by atoms with Crippen LogP contribution in [0.15, 0.2) is 23.1 Å². The van der Waals surface area contributed by atoms with Crippen LogP contribution in [0.2, 0.25) is 5.02 Å². The van der Waals surface area contributed by atoms with Gasteiger partial charge in [0.2, 0.25) is 15.9 Å². The Morgan fingerprint density at radius 3 is 2.19 bits per heavy atom. The van der Waals surface area contributed by atoms with Gasteiger partial charge in [-0.05, 0) is 31.0 Å². The van der Waals surface area contributed by atoms with Crippen molar-refractivity contribution < 1.29 is 22.7 Å². The lowest BCUT2D eigenvalue weighted by atomic mass is 10.1. The highest BCUT2D eigenvalue weighted by molar-refractivity contribution is 7.89. The summed E-state index contributed by atoms with van der Waals surface area (Å²) in [7, 11) is -3.64. The summed E-state index contributed by atoms with van der Waals surface area (Å²) < 4.78 is 32.5. The normalized spacial score (nSPS) is 21.2. The van der Waals surface area contributed by atoms with Crippen LogP contribution in [-0.2, 0) is 19.6 Å². The predicted molar refractivity (Wildman–Crippen MR) is 119 cm³/mol. The van der Waals surface area contributed by atoms with Crippen molar-refractivity contribution in [1.82, 2.24) is 19.0 Å². The minimum Gasteiger partial charge on any atom is -0.379 e. The van der Waals surface area contributed by atoms with Crippen LogP contribution in [0.25, 0.3) is 0 Å². The highest BCUT2D eigenvalue weighted by atomic mass is 35.5. The number of nitrogens with zero attached hydrogens (tertiary/aromatic N) is 4. The summed E-state index contributed by atoms with van der Waals surface area (Å²) in [6.07, 6.45) is 1.68. The average Bonchev–Trinajstić information content (AvgIpc) is 3.36. The Hall–Kier alpha value is -1.72. The lowest BCUT2D eigenvalue weighted by Gasteiger charge is -2.36. The Morgan fingerprint density at radius 1 is 0.906 bits per heavy atom. The number of carbonyl (C=O) groups excluding carboxylic acids is 2. The van der Waals surface area contributed by atoms with Gasteiger partial charge in [-0.15, -0.1) is 0 Å². The summed E-state index contributed by atoms with van der Waals surface area (Å²) in [5.41, 5.74) is 0.181. The van der Waals surface area contributed by atoms with Crippen LogP contribution >= 0.6 is 11.6 Å². The maximum atomic E-state index is 13.1. The number of benzene rings is 1. The summed E-state index contributed by atoms with van der Waals surface area (Å²) >= 11 is 6.27. The minimum atomic E-state index is -3.64. The molecule has 0 radical (unpaired) electrons. The van der Waals surface area contributed by atoms with Gasteiger partial charge < -0.3 is 14.5 Å². The molecule has 3 aliphatic heterocycles. The Balaban J connectivity index is 1.39. The summed E-state index contributed by atoms with van der Waals surface area (Å²) in [6.45, 7) is 5.78. The van der Waals surface area contributed by atoms with E-state index in [0.29, 0.717) is 59.0 Å². The lowest BCUT2D eigenvalue weighted by Crippen LogP contribution is -2.53. The van der Waals surface area contributed by atoms with E-state index < -0.39 is 10.0 Å². The molecular weight excluding hydrogens is 456 g/mol. The molecular formula is C21H29ClN4O5S. The maximum absolute atomic E-state index is 13.1. The largest absolute Gasteiger partial charge is 0.379 e. The van der Waals surface area contributed by atoms with Crippen LogP contribution in [0.5, 0.6) is 0 Å². The fourth-order valence-corrected chi connectivity index (χ4v) is 6.03. The van der Waals surface area contributed by atoms with Gasteiger partial charge in [-0.1, -0.05) is 11.6 Å². The highest BCUT2D eigenvalue weighted by Crippen LogP contribution is 2.26. The van der Waals surface area contributed by atoms with E-state index in [4.69, 9.17) is 16.3 Å². The first-order chi connectivity index (χ1) is 15.4. The van der Waals surface area contributed by atoms with Gasteiger partial charge in [0, 0.05) is 52.4 Å². The molecule has 0 saturated carbocycles. The standard InChI is InChI=1S/C21H29ClN4O5S/c22-19-4-3-17(32(29,30)26-5-1-2-6-26)15-18(19)21(28)25-9-7-24(8-10-25)20(27)16-23-11-13-31-14-12-23/h3-4,15H,1-2,5-14,16H2. The zero-order chi connectivity index (χ0) is 22.7. The van der Waals surface area contributed by atoms with Gasteiger partial charge in [-0.3, -0.25) is 14.5 Å². The number of rotatable bonds is 5. The first-order valence-corrected chi connectivity index (χ1v) is 12.8. The molecule has 1 aromatic rings. The molecule has 0 unspecified atom stereocenters. The van der Waals surface area contributed by atoms with Crippen LogP contribution in [0.1, 0.15) is 23.2 Å². The molecule has 9 nitrogen and oxygen atoms in total. The first-order valence-electron chi connectivity index (χ1n) is 11.0. The number of halogens is 1. The van der Waals surface area contributed by atoms with Crippen molar-refractivity contribution >= 4 is 33.4 Å². The molecule has 0 atom stereocenters. The predicted octanol–water partition coefficient (Wildman–Crippen LogP) is 0.741. The van der Waals surface area contributed by atoms with Gasteiger partial charge in [0.15, 0.2) is 0 Å². The SMILES string of the molecule is O=C(CN1CCOCC1)N1CCN(C(=O)c2cc(S(=O)(=O)N3CCCC3)ccc2Cl)CC1.